The molecule has 0 aliphatic carbocycles. The summed E-state index contributed by atoms with van der Waals surface area (Å²) in [7, 11) is 0. The lowest BCUT2D eigenvalue weighted by Crippen LogP contribution is -2.19. The molecule has 21 heavy (non-hydrogen) atoms. The summed E-state index contributed by atoms with van der Waals surface area (Å²) in [6.45, 7) is 2.62. The number of carbonyl (C=O) groups is 2. The monoisotopic (exact) mass is 300 g/mol. The molecule has 3 rings (SSSR count). The summed E-state index contributed by atoms with van der Waals surface area (Å²) in [6.07, 6.45) is 0. The van der Waals surface area contributed by atoms with Crippen LogP contribution in [0.15, 0.2) is 36.4 Å². The third kappa shape index (κ3) is 2.62. The van der Waals surface area contributed by atoms with Gasteiger partial charge in [-0.05, 0) is 48.4 Å². The first-order valence-electron chi connectivity index (χ1n) is 6.53. The van der Waals surface area contributed by atoms with E-state index in [1.165, 1.54) is 0 Å². The quantitative estimate of drug-likeness (QED) is 0.856. The van der Waals surface area contributed by atoms with Crippen molar-refractivity contribution in [3.05, 3.63) is 63.7 Å². The molecule has 1 heterocycles. The van der Waals surface area contributed by atoms with Crippen molar-refractivity contribution < 1.29 is 9.59 Å². The van der Waals surface area contributed by atoms with E-state index in [0.717, 1.165) is 16.8 Å². The molecule has 2 amide bonds. The van der Waals surface area contributed by atoms with Gasteiger partial charge in [0.25, 0.3) is 11.8 Å². The van der Waals surface area contributed by atoms with E-state index in [0.29, 0.717) is 22.7 Å². The molecule has 0 bridgehead atoms. The van der Waals surface area contributed by atoms with Crippen LogP contribution in [0.3, 0.4) is 0 Å². The molecule has 0 spiro atoms. The SMILES string of the molecule is Cc1cc(Cl)ccc1CNc1ccc2c(c1)C(=O)NC2=O. The standard InChI is InChI=1S/C16H13ClN2O2/c1-9-6-11(17)3-2-10(9)8-18-12-4-5-13-14(7-12)16(21)19-15(13)20/h2-7,18H,8H2,1H3,(H,19,20,21). The third-order valence-electron chi connectivity index (χ3n) is 3.52. The fourth-order valence-corrected chi connectivity index (χ4v) is 2.56. The van der Waals surface area contributed by atoms with Crippen LogP contribution in [-0.4, -0.2) is 11.8 Å². The highest BCUT2D eigenvalue weighted by molar-refractivity contribution is 6.30. The van der Waals surface area contributed by atoms with Crippen LogP contribution in [0.4, 0.5) is 5.69 Å². The minimum Gasteiger partial charge on any atom is -0.381 e. The van der Waals surface area contributed by atoms with Crippen LogP contribution in [-0.2, 0) is 6.54 Å². The van der Waals surface area contributed by atoms with Crippen molar-refractivity contribution in [2.75, 3.05) is 5.32 Å². The predicted octanol–water partition coefficient (Wildman–Crippen LogP) is 3.14. The summed E-state index contributed by atoms with van der Waals surface area (Å²) in [5.74, 6) is -0.684. The van der Waals surface area contributed by atoms with Gasteiger partial charge in [0.2, 0.25) is 0 Å². The van der Waals surface area contributed by atoms with Crippen LogP contribution in [0.25, 0.3) is 0 Å². The number of halogens is 1. The zero-order chi connectivity index (χ0) is 15.0. The highest BCUT2D eigenvalue weighted by Crippen LogP contribution is 2.21. The Kier molecular flexibility index (Phi) is 3.39. The Hall–Kier alpha value is -2.33. The van der Waals surface area contributed by atoms with Gasteiger partial charge in [-0.1, -0.05) is 17.7 Å². The molecule has 2 N–H and O–H groups in total. The smallest absolute Gasteiger partial charge is 0.259 e. The van der Waals surface area contributed by atoms with Crippen LogP contribution >= 0.6 is 11.6 Å². The lowest BCUT2D eigenvalue weighted by atomic mass is 10.1. The largest absolute Gasteiger partial charge is 0.381 e. The van der Waals surface area contributed by atoms with Gasteiger partial charge in [-0.25, -0.2) is 0 Å². The maximum absolute atomic E-state index is 11.6. The number of anilines is 1. The molecule has 0 saturated carbocycles. The zero-order valence-electron chi connectivity index (χ0n) is 11.4. The number of amides is 2. The molecule has 0 fully saturated rings. The van der Waals surface area contributed by atoms with Crippen LogP contribution in [0.1, 0.15) is 31.8 Å². The van der Waals surface area contributed by atoms with E-state index in [1.54, 1.807) is 18.2 Å². The molecule has 106 valence electrons. The molecule has 2 aromatic carbocycles. The van der Waals surface area contributed by atoms with E-state index >= 15 is 0 Å². The number of rotatable bonds is 3. The van der Waals surface area contributed by atoms with Gasteiger partial charge in [-0.15, -0.1) is 0 Å². The van der Waals surface area contributed by atoms with Crippen molar-refractivity contribution in [3.8, 4) is 0 Å². The summed E-state index contributed by atoms with van der Waals surface area (Å²) in [5, 5.41) is 6.24. The lowest BCUT2D eigenvalue weighted by Gasteiger charge is -2.10. The fraction of sp³-hybridized carbons (Fsp3) is 0.125. The normalized spacial score (nSPS) is 13.0. The first kappa shape index (κ1) is 13.6. The van der Waals surface area contributed by atoms with E-state index in [-0.39, 0.29) is 11.8 Å². The maximum atomic E-state index is 11.6. The lowest BCUT2D eigenvalue weighted by molar-refractivity contribution is 0.0879. The van der Waals surface area contributed by atoms with E-state index in [1.807, 2.05) is 25.1 Å². The molecule has 0 unspecified atom stereocenters. The molecule has 0 aromatic heterocycles. The molecule has 1 aliphatic rings. The van der Waals surface area contributed by atoms with Gasteiger partial charge >= 0.3 is 0 Å². The summed E-state index contributed by atoms with van der Waals surface area (Å²) in [6, 6.07) is 10.9. The number of hydrogen-bond acceptors (Lipinski definition) is 3. The van der Waals surface area contributed by atoms with Gasteiger partial charge < -0.3 is 5.32 Å². The first-order valence-corrected chi connectivity index (χ1v) is 6.91. The number of hydrogen-bond donors (Lipinski definition) is 2. The van der Waals surface area contributed by atoms with Crippen molar-refractivity contribution in [2.45, 2.75) is 13.5 Å². The minimum absolute atomic E-state index is 0.338. The Labute approximate surface area is 127 Å². The number of fused-ring (bicyclic) bond motifs is 1. The summed E-state index contributed by atoms with van der Waals surface area (Å²) >= 11 is 5.93. The second kappa shape index (κ2) is 5.22. The van der Waals surface area contributed by atoms with Crippen LogP contribution in [0.5, 0.6) is 0 Å². The molecular formula is C16H13ClN2O2. The molecule has 1 aliphatic heterocycles. The second-order valence-corrected chi connectivity index (χ2v) is 5.40. The van der Waals surface area contributed by atoms with Gasteiger partial charge in [0.15, 0.2) is 0 Å². The topological polar surface area (TPSA) is 58.2 Å². The van der Waals surface area contributed by atoms with Gasteiger partial charge in [0, 0.05) is 17.3 Å². The second-order valence-electron chi connectivity index (χ2n) is 4.97. The van der Waals surface area contributed by atoms with Crippen LogP contribution < -0.4 is 10.6 Å². The Bertz CT molecular complexity index is 756. The molecular weight excluding hydrogens is 288 g/mol. The molecule has 5 heteroatoms. The number of imide groups is 1. The highest BCUT2D eigenvalue weighted by atomic mass is 35.5. The Morgan fingerprint density at radius 1 is 1.05 bits per heavy atom. The molecule has 0 radical (unpaired) electrons. The number of carbonyl (C=O) groups excluding carboxylic acids is 2. The fourth-order valence-electron chi connectivity index (χ4n) is 2.33. The number of aryl methyl sites for hydroxylation is 1. The van der Waals surface area contributed by atoms with Gasteiger partial charge in [-0.3, -0.25) is 14.9 Å². The average Bonchev–Trinajstić information content (AvgIpc) is 2.73. The molecule has 2 aromatic rings. The zero-order valence-corrected chi connectivity index (χ0v) is 12.1. The van der Waals surface area contributed by atoms with E-state index in [9.17, 15) is 9.59 Å². The number of benzene rings is 2. The van der Waals surface area contributed by atoms with E-state index < -0.39 is 0 Å². The van der Waals surface area contributed by atoms with Gasteiger partial charge in [0.1, 0.15) is 0 Å². The first-order chi connectivity index (χ1) is 10.0. The average molecular weight is 301 g/mol. The van der Waals surface area contributed by atoms with Gasteiger partial charge in [0.05, 0.1) is 11.1 Å². The van der Waals surface area contributed by atoms with Crippen LogP contribution in [0.2, 0.25) is 5.02 Å². The Morgan fingerprint density at radius 2 is 1.81 bits per heavy atom. The van der Waals surface area contributed by atoms with E-state index in [4.69, 9.17) is 11.6 Å². The molecule has 4 nitrogen and oxygen atoms in total. The number of nitrogens with one attached hydrogen (secondary N) is 2. The third-order valence-corrected chi connectivity index (χ3v) is 3.76. The summed E-state index contributed by atoms with van der Waals surface area (Å²) in [5.41, 5.74) is 3.86. The van der Waals surface area contributed by atoms with Crippen molar-refractivity contribution in [2.24, 2.45) is 0 Å². The Balaban J connectivity index is 1.79. The minimum atomic E-state index is -0.346. The molecule has 0 saturated heterocycles. The van der Waals surface area contributed by atoms with E-state index in [2.05, 4.69) is 10.6 Å². The van der Waals surface area contributed by atoms with Crippen molar-refractivity contribution >= 4 is 29.1 Å². The summed E-state index contributed by atoms with van der Waals surface area (Å²) < 4.78 is 0. The van der Waals surface area contributed by atoms with Crippen molar-refractivity contribution in [3.63, 3.8) is 0 Å². The Morgan fingerprint density at radius 3 is 2.57 bits per heavy atom. The maximum Gasteiger partial charge on any atom is 0.259 e. The highest BCUT2D eigenvalue weighted by Gasteiger charge is 2.26. The van der Waals surface area contributed by atoms with Gasteiger partial charge in [-0.2, -0.15) is 0 Å². The van der Waals surface area contributed by atoms with Crippen molar-refractivity contribution in [1.82, 2.24) is 5.32 Å². The van der Waals surface area contributed by atoms with Crippen molar-refractivity contribution in [1.29, 1.82) is 0 Å². The summed E-state index contributed by atoms with van der Waals surface area (Å²) in [4.78, 5) is 23.1. The molecule has 0 atom stereocenters. The van der Waals surface area contributed by atoms with Crippen LogP contribution in [0, 0.1) is 6.92 Å². The predicted molar refractivity (Wildman–Crippen MR) is 81.8 cm³/mol.